The molecule has 1 rings (SSSR count). The maximum Gasteiger partial charge on any atom is 0.123 e. The van der Waals surface area contributed by atoms with Crippen molar-refractivity contribution in [1.29, 1.82) is 0 Å². The van der Waals surface area contributed by atoms with Gasteiger partial charge in [-0.05, 0) is 26.0 Å². The Hall–Kier alpha value is -1.28. The molecule has 0 amide bonds. The van der Waals surface area contributed by atoms with Crippen molar-refractivity contribution in [3.8, 4) is 5.75 Å². The van der Waals surface area contributed by atoms with E-state index < -0.39 is 0 Å². The molecule has 0 heterocycles. The van der Waals surface area contributed by atoms with Crippen molar-refractivity contribution < 1.29 is 4.74 Å². The molecule has 0 aliphatic carbocycles. The molecule has 0 radical (unpaired) electrons. The molecule has 0 saturated carbocycles. The number of hydrogen-bond donors (Lipinski definition) is 1. The van der Waals surface area contributed by atoms with E-state index in [0.717, 1.165) is 25.3 Å². The van der Waals surface area contributed by atoms with Gasteiger partial charge in [0.1, 0.15) is 5.75 Å². The van der Waals surface area contributed by atoms with Crippen LogP contribution < -0.4 is 10.1 Å². The summed E-state index contributed by atoms with van der Waals surface area (Å²) in [6.07, 6.45) is 5.31. The van der Waals surface area contributed by atoms with Crippen LogP contribution in [0.5, 0.6) is 5.75 Å². The maximum atomic E-state index is 5.27. The van der Waals surface area contributed by atoms with Gasteiger partial charge in [-0.2, -0.15) is 0 Å². The van der Waals surface area contributed by atoms with Gasteiger partial charge in [-0.15, -0.1) is 0 Å². The predicted molar refractivity (Wildman–Crippen MR) is 64.1 cm³/mol. The molecule has 0 atom stereocenters. The largest absolute Gasteiger partial charge is 0.496 e. The Labute approximate surface area is 92.0 Å². The Morgan fingerprint density at radius 2 is 2.13 bits per heavy atom. The predicted octanol–water partition coefficient (Wildman–Crippen LogP) is 2.75. The van der Waals surface area contributed by atoms with E-state index in [2.05, 4.69) is 23.5 Å². The molecule has 0 saturated heterocycles. The van der Waals surface area contributed by atoms with Crippen LogP contribution in [0.2, 0.25) is 0 Å². The van der Waals surface area contributed by atoms with Gasteiger partial charge in [0.25, 0.3) is 0 Å². The molecule has 1 aromatic rings. The highest BCUT2D eigenvalue weighted by atomic mass is 16.5. The van der Waals surface area contributed by atoms with Gasteiger partial charge >= 0.3 is 0 Å². The van der Waals surface area contributed by atoms with E-state index in [1.54, 1.807) is 7.11 Å². The molecule has 82 valence electrons. The summed E-state index contributed by atoms with van der Waals surface area (Å²) in [6, 6.07) is 8.10. The molecular weight excluding hydrogens is 186 g/mol. The second-order valence-electron chi connectivity index (χ2n) is 3.35. The number of hydrogen-bond acceptors (Lipinski definition) is 2. The van der Waals surface area contributed by atoms with E-state index >= 15 is 0 Å². The molecule has 0 bridgehead atoms. The normalized spacial score (nSPS) is 10.8. The Kier molecular flexibility index (Phi) is 5.56. The van der Waals surface area contributed by atoms with Gasteiger partial charge in [0.05, 0.1) is 7.11 Å². The lowest BCUT2D eigenvalue weighted by atomic mass is 10.2. The van der Waals surface area contributed by atoms with Gasteiger partial charge in [-0.3, -0.25) is 0 Å². The van der Waals surface area contributed by atoms with Crippen molar-refractivity contribution in [2.45, 2.75) is 19.9 Å². The van der Waals surface area contributed by atoms with Crippen LogP contribution in [0.15, 0.2) is 36.4 Å². The number of methoxy groups -OCH3 is 1. The molecule has 1 N–H and O–H groups in total. The lowest BCUT2D eigenvalue weighted by molar-refractivity contribution is 0.408. The van der Waals surface area contributed by atoms with Gasteiger partial charge in [-0.1, -0.05) is 30.4 Å². The molecule has 15 heavy (non-hydrogen) atoms. The van der Waals surface area contributed by atoms with Gasteiger partial charge < -0.3 is 10.1 Å². The van der Waals surface area contributed by atoms with E-state index in [-0.39, 0.29) is 0 Å². The van der Waals surface area contributed by atoms with Crippen molar-refractivity contribution in [3.05, 3.63) is 42.0 Å². The Morgan fingerprint density at radius 1 is 1.33 bits per heavy atom. The van der Waals surface area contributed by atoms with Gasteiger partial charge in [-0.25, -0.2) is 0 Å². The van der Waals surface area contributed by atoms with E-state index in [9.17, 15) is 0 Å². The van der Waals surface area contributed by atoms with Crippen molar-refractivity contribution in [1.82, 2.24) is 5.32 Å². The van der Waals surface area contributed by atoms with E-state index in [1.807, 2.05) is 25.1 Å². The lowest BCUT2D eigenvalue weighted by Crippen LogP contribution is -2.14. The summed E-state index contributed by atoms with van der Waals surface area (Å²) in [6.45, 7) is 3.91. The third kappa shape index (κ3) is 4.17. The van der Waals surface area contributed by atoms with E-state index in [0.29, 0.717) is 0 Å². The summed E-state index contributed by atoms with van der Waals surface area (Å²) < 4.78 is 5.27. The zero-order valence-corrected chi connectivity index (χ0v) is 9.49. The monoisotopic (exact) mass is 205 g/mol. The molecule has 0 aliphatic rings. The van der Waals surface area contributed by atoms with Crippen LogP contribution in [0.1, 0.15) is 18.9 Å². The third-order valence-electron chi connectivity index (χ3n) is 2.23. The molecule has 2 nitrogen and oxygen atoms in total. The van der Waals surface area contributed by atoms with Crippen molar-refractivity contribution >= 4 is 0 Å². The first-order valence-electron chi connectivity index (χ1n) is 5.32. The molecule has 0 unspecified atom stereocenters. The Balaban J connectivity index is 2.36. The number of nitrogens with one attached hydrogen (secondary N) is 1. The Bertz CT molecular complexity index is 307. The summed E-state index contributed by atoms with van der Waals surface area (Å²) in [4.78, 5) is 0. The Morgan fingerprint density at radius 3 is 2.87 bits per heavy atom. The smallest absolute Gasteiger partial charge is 0.123 e. The quantitative estimate of drug-likeness (QED) is 0.569. The average Bonchev–Trinajstić information content (AvgIpc) is 2.29. The van der Waals surface area contributed by atoms with Crippen LogP contribution in [0.25, 0.3) is 0 Å². The van der Waals surface area contributed by atoms with Crippen LogP contribution in [-0.4, -0.2) is 13.7 Å². The first-order chi connectivity index (χ1) is 7.38. The minimum atomic E-state index is 0.863. The maximum absolute atomic E-state index is 5.27. The van der Waals surface area contributed by atoms with Gasteiger partial charge in [0.15, 0.2) is 0 Å². The summed E-state index contributed by atoms with van der Waals surface area (Å²) >= 11 is 0. The summed E-state index contributed by atoms with van der Waals surface area (Å²) in [7, 11) is 1.71. The second kappa shape index (κ2) is 7.07. The van der Waals surface area contributed by atoms with Crippen LogP contribution in [-0.2, 0) is 6.54 Å². The van der Waals surface area contributed by atoms with Crippen LogP contribution in [0.4, 0.5) is 0 Å². The molecular formula is C13H19NO. The molecule has 0 fully saturated rings. The highest BCUT2D eigenvalue weighted by Crippen LogP contribution is 2.16. The standard InChI is InChI=1S/C13H19NO/c1-3-4-7-10-14-11-12-8-5-6-9-13(12)15-2/h3-6,8-9,14H,7,10-11H2,1-2H3/b4-3+. The zero-order valence-electron chi connectivity index (χ0n) is 9.49. The summed E-state index contributed by atoms with van der Waals surface area (Å²) in [5.74, 6) is 0.955. The van der Waals surface area contributed by atoms with Crippen molar-refractivity contribution in [3.63, 3.8) is 0 Å². The fourth-order valence-electron chi connectivity index (χ4n) is 1.42. The van der Waals surface area contributed by atoms with Crippen LogP contribution in [0, 0.1) is 0 Å². The number of rotatable bonds is 6. The first-order valence-corrected chi connectivity index (χ1v) is 5.32. The molecule has 2 heteroatoms. The molecule has 0 spiro atoms. The third-order valence-corrected chi connectivity index (χ3v) is 2.23. The van der Waals surface area contributed by atoms with Crippen molar-refractivity contribution in [2.75, 3.05) is 13.7 Å². The van der Waals surface area contributed by atoms with Crippen molar-refractivity contribution in [2.24, 2.45) is 0 Å². The minimum Gasteiger partial charge on any atom is -0.496 e. The fraction of sp³-hybridized carbons (Fsp3) is 0.385. The second-order valence-corrected chi connectivity index (χ2v) is 3.35. The molecule has 0 aliphatic heterocycles. The molecule has 0 aromatic heterocycles. The highest BCUT2D eigenvalue weighted by Gasteiger charge is 1.99. The zero-order chi connectivity index (χ0) is 10.9. The summed E-state index contributed by atoms with van der Waals surface area (Å²) in [5.41, 5.74) is 1.21. The molecule has 1 aromatic carbocycles. The van der Waals surface area contributed by atoms with E-state index in [4.69, 9.17) is 4.74 Å². The highest BCUT2D eigenvalue weighted by molar-refractivity contribution is 5.32. The van der Waals surface area contributed by atoms with Gasteiger partial charge in [0, 0.05) is 12.1 Å². The van der Waals surface area contributed by atoms with E-state index in [1.165, 1.54) is 5.56 Å². The topological polar surface area (TPSA) is 21.3 Å². The number of ether oxygens (including phenoxy) is 1. The number of benzene rings is 1. The number of para-hydroxylation sites is 1. The summed E-state index contributed by atoms with van der Waals surface area (Å²) in [5, 5.41) is 3.38. The SMILES string of the molecule is C/C=C/CCNCc1ccccc1OC. The van der Waals surface area contributed by atoms with Crippen LogP contribution in [0.3, 0.4) is 0 Å². The number of allylic oxidation sites excluding steroid dienone is 1. The van der Waals surface area contributed by atoms with Gasteiger partial charge in [0.2, 0.25) is 0 Å². The van der Waals surface area contributed by atoms with Crippen LogP contribution >= 0.6 is 0 Å². The minimum absolute atomic E-state index is 0.863. The fourth-order valence-corrected chi connectivity index (χ4v) is 1.42. The lowest BCUT2D eigenvalue weighted by Gasteiger charge is -2.08. The average molecular weight is 205 g/mol. The first kappa shape index (κ1) is 11.8.